The van der Waals surface area contributed by atoms with Gasteiger partial charge in [-0.15, -0.1) is 11.3 Å². The second kappa shape index (κ2) is 6.68. The lowest BCUT2D eigenvalue weighted by molar-refractivity contribution is -0.142. The van der Waals surface area contributed by atoms with Gasteiger partial charge in [-0.2, -0.15) is 0 Å². The highest BCUT2D eigenvalue weighted by molar-refractivity contribution is 7.17. The number of carboxylic acid groups (broad SMARTS) is 1. The van der Waals surface area contributed by atoms with E-state index in [-0.39, 0.29) is 12.3 Å². The monoisotopic (exact) mass is 333 g/mol. The predicted octanol–water partition coefficient (Wildman–Crippen LogP) is 2.91. The van der Waals surface area contributed by atoms with Crippen LogP contribution in [0, 0.1) is 5.92 Å². The predicted molar refractivity (Wildman–Crippen MR) is 88.5 cm³/mol. The molecule has 1 aliphatic heterocycles. The molecule has 0 radical (unpaired) electrons. The quantitative estimate of drug-likeness (QED) is 0.826. The topological polar surface area (TPSA) is 66.8 Å². The molecule has 1 aromatic heterocycles. The highest BCUT2D eigenvalue weighted by Gasteiger charge is 2.45. The van der Waals surface area contributed by atoms with E-state index >= 15 is 0 Å². The normalized spacial score (nSPS) is 21.3. The van der Waals surface area contributed by atoms with Gasteiger partial charge in [-0.3, -0.25) is 9.59 Å². The van der Waals surface area contributed by atoms with E-state index in [9.17, 15) is 14.7 Å². The fourth-order valence-corrected chi connectivity index (χ4v) is 4.26. The van der Waals surface area contributed by atoms with Crippen LogP contribution in [0.15, 0.2) is 29.6 Å². The number of benzene rings is 1. The number of hydrogen-bond acceptors (Lipinski definition) is 4. The summed E-state index contributed by atoms with van der Waals surface area (Å²) < 4.78 is 6.17. The second-order valence-corrected chi connectivity index (χ2v) is 6.63. The first-order valence-corrected chi connectivity index (χ1v) is 8.48. The molecular formula is C17H19NO4S. The first-order valence-electron chi connectivity index (χ1n) is 7.61. The number of carbonyl (C=O) groups excluding carboxylic acids is 1. The molecule has 1 aliphatic rings. The van der Waals surface area contributed by atoms with Crippen LogP contribution in [0.4, 0.5) is 0 Å². The lowest BCUT2D eigenvalue weighted by Gasteiger charge is -2.27. The van der Waals surface area contributed by atoms with Crippen molar-refractivity contribution < 1.29 is 19.4 Å². The van der Waals surface area contributed by atoms with Gasteiger partial charge in [0.05, 0.1) is 12.0 Å². The number of nitrogens with zero attached hydrogens (tertiary/aromatic N) is 1. The first-order chi connectivity index (χ1) is 11.1. The molecule has 1 fully saturated rings. The van der Waals surface area contributed by atoms with Gasteiger partial charge in [-0.1, -0.05) is 18.2 Å². The maximum Gasteiger partial charge on any atom is 0.309 e. The van der Waals surface area contributed by atoms with Gasteiger partial charge >= 0.3 is 5.97 Å². The van der Waals surface area contributed by atoms with Gasteiger partial charge in [-0.05, 0) is 28.8 Å². The SMILES string of the molecule is COCCCN1C(=O)CC(C(=O)O)C1c1csc2ccccc12. The van der Waals surface area contributed by atoms with E-state index in [0.717, 1.165) is 15.6 Å². The number of carbonyl (C=O) groups is 2. The Kier molecular flexibility index (Phi) is 4.63. The van der Waals surface area contributed by atoms with E-state index in [2.05, 4.69) is 0 Å². The van der Waals surface area contributed by atoms with Crippen LogP contribution < -0.4 is 0 Å². The van der Waals surface area contributed by atoms with Crippen molar-refractivity contribution >= 4 is 33.3 Å². The van der Waals surface area contributed by atoms with Crippen molar-refractivity contribution in [1.29, 1.82) is 0 Å². The summed E-state index contributed by atoms with van der Waals surface area (Å²) in [5.74, 6) is -1.69. The summed E-state index contributed by atoms with van der Waals surface area (Å²) in [5, 5.41) is 12.6. The van der Waals surface area contributed by atoms with Gasteiger partial charge in [-0.25, -0.2) is 0 Å². The van der Waals surface area contributed by atoms with Crippen molar-refractivity contribution in [2.45, 2.75) is 18.9 Å². The smallest absolute Gasteiger partial charge is 0.309 e. The zero-order valence-corrected chi connectivity index (χ0v) is 13.7. The number of methoxy groups -OCH3 is 1. The number of rotatable bonds is 6. The maximum absolute atomic E-state index is 12.4. The summed E-state index contributed by atoms with van der Waals surface area (Å²) in [5.41, 5.74) is 0.946. The molecule has 1 amide bonds. The largest absolute Gasteiger partial charge is 0.481 e. The van der Waals surface area contributed by atoms with Crippen LogP contribution in [0.2, 0.25) is 0 Å². The van der Waals surface area contributed by atoms with E-state index in [1.165, 1.54) is 0 Å². The second-order valence-electron chi connectivity index (χ2n) is 5.71. The van der Waals surface area contributed by atoms with Crippen LogP contribution in [-0.4, -0.2) is 42.1 Å². The van der Waals surface area contributed by atoms with Crippen molar-refractivity contribution in [3.63, 3.8) is 0 Å². The van der Waals surface area contributed by atoms with E-state index < -0.39 is 17.9 Å². The lowest BCUT2D eigenvalue weighted by atomic mass is 9.93. The molecule has 1 aromatic carbocycles. The Hall–Kier alpha value is -1.92. The van der Waals surface area contributed by atoms with Gasteiger partial charge in [0.1, 0.15) is 0 Å². The Bertz CT molecular complexity index is 726. The van der Waals surface area contributed by atoms with Crippen LogP contribution in [-0.2, 0) is 14.3 Å². The molecule has 2 atom stereocenters. The van der Waals surface area contributed by atoms with E-state index in [1.807, 2.05) is 29.6 Å². The Morgan fingerprint density at radius 3 is 2.96 bits per heavy atom. The molecule has 3 rings (SSSR count). The molecule has 1 saturated heterocycles. The van der Waals surface area contributed by atoms with Crippen molar-refractivity contribution in [2.24, 2.45) is 5.92 Å². The summed E-state index contributed by atoms with van der Waals surface area (Å²) in [7, 11) is 1.62. The van der Waals surface area contributed by atoms with Crippen LogP contribution in [0.3, 0.4) is 0 Å². The summed E-state index contributed by atoms with van der Waals surface area (Å²) in [6.45, 7) is 1.07. The van der Waals surface area contributed by atoms with Gasteiger partial charge in [0.25, 0.3) is 0 Å². The number of likely N-dealkylation sites (tertiary alicyclic amines) is 1. The molecule has 0 saturated carbocycles. The standard InChI is InChI=1S/C17H19NO4S/c1-22-8-4-7-18-15(19)9-12(17(20)21)16(18)13-10-23-14-6-3-2-5-11(13)14/h2-3,5-6,10,12,16H,4,7-9H2,1H3,(H,20,21). The number of aliphatic carboxylic acids is 1. The molecule has 0 spiro atoms. The summed E-state index contributed by atoms with van der Waals surface area (Å²) in [6, 6.07) is 7.53. The van der Waals surface area contributed by atoms with Crippen molar-refractivity contribution in [1.82, 2.24) is 4.90 Å². The Labute approximate surface area is 138 Å². The van der Waals surface area contributed by atoms with Crippen molar-refractivity contribution in [3.8, 4) is 0 Å². The van der Waals surface area contributed by atoms with Gasteiger partial charge in [0, 0.05) is 31.4 Å². The summed E-state index contributed by atoms with van der Waals surface area (Å²) in [6.07, 6.45) is 0.768. The van der Waals surface area contributed by atoms with Crippen LogP contribution in [0.1, 0.15) is 24.4 Å². The van der Waals surface area contributed by atoms with Gasteiger partial charge in [0.2, 0.25) is 5.91 Å². The minimum Gasteiger partial charge on any atom is -0.481 e. The molecule has 6 heteroatoms. The third-order valence-corrected chi connectivity index (χ3v) is 5.31. The zero-order chi connectivity index (χ0) is 16.4. The molecule has 122 valence electrons. The third kappa shape index (κ3) is 2.96. The molecular weight excluding hydrogens is 314 g/mol. The minimum atomic E-state index is -0.909. The highest BCUT2D eigenvalue weighted by atomic mass is 32.1. The Morgan fingerprint density at radius 2 is 2.22 bits per heavy atom. The number of amides is 1. The number of hydrogen-bond donors (Lipinski definition) is 1. The third-order valence-electron chi connectivity index (χ3n) is 4.33. The van der Waals surface area contributed by atoms with Gasteiger partial charge in [0.15, 0.2) is 0 Å². The summed E-state index contributed by atoms with van der Waals surface area (Å²) in [4.78, 5) is 25.7. The molecule has 23 heavy (non-hydrogen) atoms. The maximum atomic E-state index is 12.4. The minimum absolute atomic E-state index is 0.0666. The van der Waals surface area contributed by atoms with E-state index in [1.54, 1.807) is 23.3 Å². The average Bonchev–Trinajstić information content (AvgIpc) is 3.09. The highest BCUT2D eigenvalue weighted by Crippen LogP contribution is 2.43. The fraction of sp³-hybridized carbons (Fsp3) is 0.412. The van der Waals surface area contributed by atoms with Crippen molar-refractivity contribution in [3.05, 3.63) is 35.2 Å². The molecule has 2 aromatic rings. The zero-order valence-electron chi connectivity index (χ0n) is 12.9. The first kappa shape index (κ1) is 16.0. The molecule has 5 nitrogen and oxygen atoms in total. The molecule has 2 unspecified atom stereocenters. The van der Waals surface area contributed by atoms with E-state index in [4.69, 9.17) is 4.74 Å². The van der Waals surface area contributed by atoms with Crippen LogP contribution in [0.25, 0.3) is 10.1 Å². The number of fused-ring (bicyclic) bond motifs is 1. The van der Waals surface area contributed by atoms with Crippen LogP contribution >= 0.6 is 11.3 Å². The molecule has 2 heterocycles. The van der Waals surface area contributed by atoms with Crippen LogP contribution in [0.5, 0.6) is 0 Å². The Morgan fingerprint density at radius 1 is 1.43 bits per heavy atom. The number of thiophene rings is 1. The summed E-state index contributed by atoms with van der Waals surface area (Å²) >= 11 is 1.59. The fourth-order valence-electron chi connectivity index (χ4n) is 3.27. The molecule has 0 bridgehead atoms. The number of ether oxygens (including phenoxy) is 1. The molecule has 1 N–H and O–H groups in total. The van der Waals surface area contributed by atoms with Gasteiger partial charge < -0.3 is 14.7 Å². The van der Waals surface area contributed by atoms with Crippen molar-refractivity contribution in [2.75, 3.05) is 20.3 Å². The lowest BCUT2D eigenvalue weighted by Crippen LogP contribution is -2.31. The van der Waals surface area contributed by atoms with E-state index in [0.29, 0.717) is 19.6 Å². The average molecular weight is 333 g/mol. The number of carboxylic acids is 1. The Balaban J connectivity index is 1.99. The molecule has 0 aliphatic carbocycles.